The largest absolute Gasteiger partial charge is 0.357 e. The summed E-state index contributed by atoms with van der Waals surface area (Å²) in [5.41, 5.74) is 3.19. The van der Waals surface area contributed by atoms with Gasteiger partial charge in [-0.25, -0.2) is 0 Å². The van der Waals surface area contributed by atoms with E-state index in [1.807, 2.05) is 55.8 Å². The molecule has 25 heavy (non-hydrogen) atoms. The van der Waals surface area contributed by atoms with E-state index in [4.69, 9.17) is 12.2 Å². The fraction of sp³-hybridized carbons (Fsp3) is 0.211. The van der Waals surface area contributed by atoms with Crippen LogP contribution < -0.4 is 5.32 Å². The Kier molecular flexibility index (Phi) is 4.19. The molecular weight excluding hydrogens is 330 g/mol. The van der Waals surface area contributed by atoms with Crippen LogP contribution in [0.5, 0.6) is 0 Å². The maximum atomic E-state index is 5.65. The zero-order chi connectivity index (χ0) is 17.2. The predicted molar refractivity (Wildman–Crippen MR) is 101 cm³/mol. The van der Waals surface area contributed by atoms with Crippen molar-refractivity contribution in [1.82, 2.24) is 24.8 Å². The third-order valence-electron chi connectivity index (χ3n) is 4.45. The first kappa shape index (κ1) is 15.8. The van der Waals surface area contributed by atoms with Gasteiger partial charge in [-0.15, -0.1) is 0 Å². The monoisotopic (exact) mass is 349 g/mol. The van der Waals surface area contributed by atoms with E-state index in [1.165, 1.54) is 5.56 Å². The second-order valence-electron chi connectivity index (χ2n) is 6.19. The van der Waals surface area contributed by atoms with Crippen LogP contribution in [0.15, 0.2) is 67.3 Å². The predicted octanol–water partition coefficient (Wildman–Crippen LogP) is 2.99. The number of rotatable bonds is 4. The highest BCUT2D eigenvalue weighted by atomic mass is 32.1. The second-order valence-corrected chi connectivity index (χ2v) is 6.57. The van der Waals surface area contributed by atoms with Crippen molar-refractivity contribution in [2.45, 2.75) is 18.6 Å². The van der Waals surface area contributed by atoms with Crippen molar-refractivity contribution in [3.63, 3.8) is 0 Å². The number of nitrogens with zero attached hydrogens (tertiary/aromatic N) is 4. The molecule has 0 bridgehead atoms. The van der Waals surface area contributed by atoms with E-state index < -0.39 is 0 Å². The molecule has 4 heterocycles. The van der Waals surface area contributed by atoms with E-state index in [9.17, 15) is 0 Å². The maximum absolute atomic E-state index is 5.65. The summed E-state index contributed by atoms with van der Waals surface area (Å²) in [5.74, 6) is 0. The van der Waals surface area contributed by atoms with Gasteiger partial charge in [-0.3, -0.25) is 9.97 Å². The number of aromatic nitrogens is 3. The SMILES string of the molecule is Cn1ccc([C@@H]2[C@@H](c3ccccn3)NC(=S)N2Cc2ccccn2)c1. The van der Waals surface area contributed by atoms with E-state index in [1.54, 1.807) is 0 Å². The lowest BCUT2D eigenvalue weighted by atomic mass is 9.99. The fourth-order valence-electron chi connectivity index (χ4n) is 3.31. The van der Waals surface area contributed by atoms with Crippen molar-refractivity contribution < 1.29 is 0 Å². The standard InChI is InChI=1S/C19H19N5S/c1-23-11-8-14(12-23)18-17(16-7-3-5-10-21-16)22-19(25)24(18)13-15-6-2-4-9-20-15/h2-12,17-18H,13H2,1H3,(H,22,25)/t17-,18-/m1/s1. The van der Waals surface area contributed by atoms with Crippen LogP contribution in [0.4, 0.5) is 0 Å². The molecule has 1 saturated heterocycles. The van der Waals surface area contributed by atoms with Gasteiger partial charge in [0.15, 0.2) is 5.11 Å². The zero-order valence-corrected chi connectivity index (χ0v) is 14.7. The summed E-state index contributed by atoms with van der Waals surface area (Å²) in [6.45, 7) is 0.662. The second kappa shape index (κ2) is 6.64. The Morgan fingerprint density at radius 1 is 1.08 bits per heavy atom. The van der Waals surface area contributed by atoms with Gasteiger partial charge in [0.1, 0.15) is 0 Å². The Labute approximate surface area is 152 Å². The van der Waals surface area contributed by atoms with E-state index in [2.05, 4.69) is 43.2 Å². The molecule has 2 atom stereocenters. The highest BCUT2D eigenvalue weighted by molar-refractivity contribution is 7.80. The molecule has 1 N–H and O–H groups in total. The fourth-order valence-corrected chi connectivity index (χ4v) is 3.61. The molecule has 0 saturated carbocycles. The van der Waals surface area contributed by atoms with Gasteiger partial charge in [0, 0.05) is 31.8 Å². The Bertz CT molecular complexity index is 862. The van der Waals surface area contributed by atoms with Gasteiger partial charge in [-0.05, 0) is 48.1 Å². The molecule has 6 heteroatoms. The first-order valence-electron chi connectivity index (χ1n) is 8.22. The number of pyridine rings is 2. The Hall–Kier alpha value is -2.73. The highest BCUT2D eigenvalue weighted by Gasteiger charge is 2.40. The maximum Gasteiger partial charge on any atom is 0.170 e. The van der Waals surface area contributed by atoms with Crippen LogP contribution in [-0.4, -0.2) is 24.5 Å². The summed E-state index contributed by atoms with van der Waals surface area (Å²) >= 11 is 5.65. The van der Waals surface area contributed by atoms with E-state index >= 15 is 0 Å². The molecule has 0 aliphatic carbocycles. The Morgan fingerprint density at radius 3 is 2.52 bits per heavy atom. The lowest BCUT2D eigenvalue weighted by Gasteiger charge is -2.26. The first-order valence-corrected chi connectivity index (χ1v) is 8.63. The zero-order valence-electron chi connectivity index (χ0n) is 13.9. The number of nitrogens with one attached hydrogen (secondary N) is 1. The van der Waals surface area contributed by atoms with Gasteiger partial charge in [0.2, 0.25) is 0 Å². The minimum Gasteiger partial charge on any atom is -0.357 e. The summed E-state index contributed by atoms with van der Waals surface area (Å²) in [6.07, 6.45) is 7.84. The molecule has 1 fully saturated rings. The number of hydrogen-bond donors (Lipinski definition) is 1. The molecule has 0 amide bonds. The van der Waals surface area contributed by atoms with Crippen LogP contribution >= 0.6 is 12.2 Å². The number of hydrogen-bond acceptors (Lipinski definition) is 3. The topological polar surface area (TPSA) is 46.0 Å². The molecule has 0 spiro atoms. The van der Waals surface area contributed by atoms with Crippen molar-refractivity contribution in [1.29, 1.82) is 0 Å². The van der Waals surface area contributed by atoms with E-state index in [0.717, 1.165) is 16.5 Å². The average molecular weight is 349 g/mol. The number of aryl methyl sites for hydroxylation is 1. The minimum atomic E-state index is 0.0137. The van der Waals surface area contributed by atoms with Crippen molar-refractivity contribution >= 4 is 17.3 Å². The molecule has 3 aromatic rings. The Morgan fingerprint density at radius 2 is 1.88 bits per heavy atom. The van der Waals surface area contributed by atoms with Gasteiger partial charge in [-0.2, -0.15) is 0 Å². The van der Waals surface area contributed by atoms with Gasteiger partial charge < -0.3 is 14.8 Å². The van der Waals surface area contributed by atoms with Gasteiger partial charge >= 0.3 is 0 Å². The normalized spacial score (nSPS) is 19.9. The molecule has 126 valence electrons. The molecule has 3 aromatic heterocycles. The third-order valence-corrected chi connectivity index (χ3v) is 4.80. The molecule has 1 aliphatic rings. The van der Waals surface area contributed by atoms with E-state index in [-0.39, 0.29) is 12.1 Å². The molecular formula is C19H19N5S. The molecule has 4 rings (SSSR count). The molecule has 1 aliphatic heterocycles. The third kappa shape index (κ3) is 3.13. The molecule has 0 unspecified atom stereocenters. The summed E-state index contributed by atoms with van der Waals surface area (Å²) in [7, 11) is 2.03. The van der Waals surface area contributed by atoms with Crippen molar-refractivity contribution in [2.75, 3.05) is 0 Å². The van der Waals surface area contributed by atoms with Crippen LogP contribution in [0.25, 0.3) is 0 Å². The number of thiocarbonyl (C=S) groups is 1. The summed E-state index contributed by atoms with van der Waals surface area (Å²) in [6, 6.07) is 14.2. The smallest absolute Gasteiger partial charge is 0.170 e. The quantitative estimate of drug-likeness (QED) is 0.734. The van der Waals surface area contributed by atoms with Crippen molar-refractivity contribution in [3.05, 3.63) is 84.2 Å². The molecule has 0 radical (unpaired) electrons. The van der Waals surface area contributed by atoms with Crippen molar-refractivity contribution in [2.24, 2.45) is 7.05 Å². The van der Waals surface area contributed by atoms with Crippen LogP contribution in [0.3, 0.4) is 0 Å². The van der Waals surface area contributed by atoms with Crippen LogP contribution in [-0.2, 0) is 13.6 Å². The van der Waals surface area contributed by atoms with Gasteiger partial charge in [0.25, 0.3) is 0 Å². The van der Waals surface area contributed by atoms with Crippen LogP contribution in [0.1, 0.15) is 29.0 Å². The van der Waals surface area contributed by atoms with E-state index in [0.29, 0.717) is 6.54 Å². The van der Waals surface area contributed by atoms with Crippen LogP contribution in [0, 0.1) is 0 Å². The summed E-state index contributed by atoms with van der Waals surface area (Å²) in [5, 5.41) is 4.19. The first-order chi connectivity index (χ1) is 12.2. The van der Waals surface area contributed by atoms with Gasteiger partial charge in [-0.1, -0.05) is 12.1 Å². The minimum absolute atomic E-state index is 0.0137. The van der Waals surface area contributed by atoms with Crippen LogP contribution in [0.2, 0.25) is 0 Å². The van der Waals surface area contributed by atoms with Crippen molar-refractivity contribution in [3.8, 4) is 0 Å². The lowest BCUT2D eigenvalue weighted by molar-refractivity contribution is 0.308. The summed E-state index contributed by atoms with van der Waals surface area (Å²) < 4.78 is 2.06. The Balaban J connectivity index is 1.72. The van der Waals surface area contributed by atoms with Gasteiger partial charge in [0.05, 0.1) is 30.0 Å². The molecule has 5 nitrogen and oxygen atoms in total. The summed E-state index contributed by atoms with van der Waals surface area (Å²) in [4.78, 5) is 11.2. The highest BCUT2D eigenvalue weighted by Crippen LogP contribution is 2.39. The average Bonchev–Trinajstić information content (AvgIpc) is 3.20. The molecule has 0 aromatic carbocycles. The lowest BCUT2D eigenvalue weighted by Crippen LogP contribution is -2.29.